The Morgan fingerprint density at radius 2 is 1.21 bits per heavy atom. The van der Waals surface area contributed by atoms with Gasteiger partial charge in [-0.25, -0.2) is 4.79 Å². The lowest BCUT2D eigenvalue weighted by Gasteiger charge is -2.23. The molecule has 0 saturated carbocycles. The van der Waals surface area contributed by atoms with E-state index < -0.39 is 79.2 Å². The molecule has 0 heterocycles. The van der Waals surface area contributed by atoms with Crippen LogP contribution in [0.25, 0.3) is 0 Å². The maximum atomic E-state index is 12.3. The first-order valence-electron chi connectivity index (χ1n) is 7.97. The van der Waals surface area contributed by atoms with E-state index >= 15 is 0 Å². The van der Waals surface area contributed by atoms with Crippen LogP contribution in [-0.2, 0) is 28.8 Å². The summed E-state index contributed by atoms with van der Waals surface area (Å²) in [5.74, 6) is -8.00. The summed E-state index contributed by atoms with van der Waals surface area (Å²) in [6, 6.07) is -6.34. The first-order valence-corrected chi connectivity index (χ1v) is 8.60. The maximum absolute atomic E-state index is 12.3. The van der Waals surface area contributed by atoms with Gasteiger partial charge in [0.1, 0.15) is 18.1 Å². The summed E-state index contributed by atoms with van der Waals surface area (Å²) in [7, 11) is 0. The Hall–Kier alpha value is -2.91. The van der Waals surface area contributed by atoms with Crippen molar-refractivity contribution >= 4 is 48.3 Å². The van der Waals surface area contributed by atoms with E-state index in [1.807, 2.05) is 10.6 Å². The number of carbonyl (C=O) groups is 6. The minimum absolute atomic E-state index is 0.312. The van der Waals surface area contributed by atoms with Crippen molar-refractivity contribution < 1.29 is 49.2 Å². The number of carboxylic acids is 3. The highest BCUT2D eigenvalue weighted by Gasteiger charge is 2.31. The molecule has 0 aliphatic carbocycles. The van der Waals surface area contributed by atoms with Gasteiger partial charge in [-0.3, -0.25) is 24.0 Å². The van der Waals surface area contributed by atoms with Gasteiger partial charge in [-0.2, -0.15) is 12.6 Å². The predicted molar refractivity (Wildman–Crippen MR) is 96.8 cm³/mol. The fourth-order valence-corrected chi connectivity index (χ4v) is 2.12. The Kier molecular flexibility index (Phi) is 11.3. The molecular weight excluding hydrogens is 416 g/mol. The number of carbonyl (C=O) groups excluding carboxylic acids is 3. The average molecular weight is 438 g/mol. The second-order valence-electron chi connectivity index (χ2n) is 5.69. The molecule has 0 spiro atoms. The number of carboxylic acid groups (broad SMARTS) is 3. The number of rotatable bonds is 13. The normalized spacial score (nSPS) is 14.6. The molecule has 0 bridgehead atoms. The van der Waals surface area contributed by atoms with Crippen molar-refractivity contribution in [3.63, 3.8) is 0 Å². The standard InChI is InChI=1S/C14H22N4O10S/c15-5(1-9(20)21)11(24)18-8(4-29)13(26)16-6(2-10(22)23)12(25)17-7(3-19)14(27)28/h5-8,19,29H,1-4,15H2,(H,16,26)(H,17,25)(H,18,24)(H,20,21)(H,22,23)(H,27,28). The summed E-state index contributed by atoms with van der Waals surface area (Å²) >= 11 is 3.85. The Morgan fingerprint density at radius 3 is 1.62 bits per heavy atom. The molecule has 9 N–H and O–H groups in total. The van der Waals surface area contributed by atoms with Gasteiger partial charge in [-0.1, -0.05) is 0 Å². The summed E-state index contributed by atoms with van der Waals surface area (Å²) in [4.78, 5) is 68.6. The van der Waals surface area contributed by atoms with Crippen molar-refractivity contribution in [1.82, 2.24) is 16.0 Å². The lowest BCUT2D eigenvalue weighted by Crippen LogP contribution is -2.58. The van der Waals surface area contributed by atoms with E-state index in [0.29, 0.717) is 0 Å². The topological polar surface area (TPSA) is 245 Å². The Morgan fingerprint density at radius 1 is 0.759 bits per heavy atom. The number of aliphatic hydroxyl groups excluding tert-OH is 1. The molecule has 0 aliphatic heterocycles. The molecule has 4 unspecified atom stereocenters. The minimum atomic E-state index is -1.74. The van der Waals surface area contributed by atoms with Crippen molar-refractivity contribution in [3.8, 4) is 0 Å². The van der Waals surface area contributed by atoms with Crippen molar-refractivity contribution in [2.75, 3.05) is 12.4 Å². The third-order valence-electron chi connectivity index (χ3n) is 3.36. The Labute approximate surface area is 169 Å². The van der Waals surface area contributed by atoms with E-state index in [0.717, 1.165) is 0 Å². The van der Waals surface area contributed by atoms with Gasteiger partial charge in [0.25, 0.3) is 0 Å². The molecule has 14 nitrogen and oxygen atoms in total. The molecule has 15 heteroatoms. The van der Waals surface area contributed by atoms with Gasteiger partial charge in [-0.15, -0.1) is 0 Å². The highest BCUT2D eigenvalue weighted by molar-refractivity contribution is 7.80. The Bertz CT molecular complexity index is 658. The predicted octanol–water partition coefficient (Wildman–Crippen LogP) is -4.28. The second-order valence-corrected chi connectivity index (χ2v) is 6.05. The van der Waals surface area contributed by atoms with Crippen LogP contribution in [0.5, 0.6) is 0 Å². The van der Waals surface area contributed by atoms with E-state index in [1.54, 1.807) is 0 Å². The van der Waals surface area contributed by atoms with Crippen molar-refractivity contribution in [1.29, 1.82) is 0 Å². The van der Waals surface area contributed by atoms with E-state index in [-0.39, 0.29) is 5.75 Å². The van der Waals surface area contributed by atoms with Gasteiger partial charge in [0.15, 0.2) is 0 Å². The van der Waals surface area contributed by atoms with E-state index in [2.05, 4.69) is 17.9 Å². The highest BCUT2D eigenvalue weighted by Crippen LogP contribution is 1.99. The molecular formula is C14H22N4O10S. The van der Waals surface area contributed by atoms with Gasteiger partial charge in [-0.05, 0) is 0 Å². The molecule has 0 aromatic carbocycles. The van der Waals surface area contributed by atoms with Crippen molar-refractivity contribution in [2.24, 2.45) is 5.73 Å². The number of nitrogens with two attached hydrogens (primary N) is 1. The molecule has 0 aromatic heterocycles. The zero-order valence-electron chi connectivity index (χ0n) is 14.9. The molecule has 0 aliphatic rings. The number of aliphatic carboxylic acids is 3. The summed E-state index contributed by atoms with van der Waals surface area (Å²) < 4.78 is 0. The average Bonchev–Trinajstić information content (AvgIpc) is 2.61. The van der Waals surface area contributed by atoms with E-state index in [1.165, 1.54) is 0 Å². The van der Waals surface area contributed by atoms with E-state index in [4.69, 9.17) is 26.2 Å². The third-order valence-corrected chi connectivity index (χ3v) is 3.72. The lowest BCUT2D eigenvalue weighted by atomic mass is 10.1. The van der Waals surface area contributed by atoms with Crippen LogP contribution >= 0.6 is 12.6 Å². The largest absolute Gasteiger partial charge is 0.481 e. The minimum Gasteiger partial charge on any atom is -0.481 e. The smallest absolute Gasteiger partial charge is 0.328 e. The molecule has 0 saturated heterocycles. The number of nitrogens with one attached hydrogen (secondary N) is 3. The number of thiol groups is 1. The zero-order chi connectivity index (χ0) is 22.7. The fraction of sp³-hybridized carbons (Fsp3) is 0.571. The van der Waals surface area contributed by atoms with Gasteiger partial charge >= 0.3 is 17.9 Å². The van der Waals surface area contributed by atoms with Crippen LogP contribution in [0.2, 0.25) is 0 Å². The summed E-state index contributed by atoms with van der Waals surface area (Å²) in [6.07, 6.45) is -1.64. The van der Waals surface area contributed by atoms with Gasteiger partial charge in [0, 0.05) is 5.75 Å². The zero-order valence-corrected chi connectivity index (χ0v) is 15.8. The maximum Gasteiger partial charge on any atom is 0.328 e. The number of hydrogen-bond donors (Lipinski definition) is 9. The van der Waals surface area contributed by atoms with Crippen LogP contribution in [0.15, 0.2) is 0 Å². The van der Waals surface area contributed by atoms with Crippen LogP contribution < -0.4 is 21.7 Å². The van der Waals surface area contributed by atoms with Crippen molar-refractivity contribution in [3.05, 3.63) is 0 Å². The van der Waals surface area contributed by atoms with Crippen LogP contribution in [0, 0.1) is 0 Å². The first kappa shape index (κ1) is 26.1. The number of hydrogen-bond acceptors (Lipinski definition) is 9. The molecule has 4 atom stereocenters. The molecule has 0 radical (unpaired) electrons. The van der Waals surface area contributed by atoms with Crippen LogP contribution in [0.1, 0.15) is 12.8 Å². The Balaban J connectivity index is 5.19. The summed E-state index contributed by atoms with van der Waals surface area (Å²) in [5, 5.41) is 41.2. The SMILES string of the molecule is NC(CC(=O)O)C(=O)NC(CS)C(=O)NC(CC(=O)O)C(=O)NC(CO)C(=O)O. The first-order chi connectivity index (χ1) is 13.4. The molecule has 0 aromatic rings. The van der Waals surface area contributed by atoms with Gasteiger partial charge in [0.2, 0.25) is 17.7 Å². The fourth-order valence-electron chi connectivity index (χ4n) is 1.87. The van der Waals surface area contributed by atoms with Crippen molar-refractivity contribution in [2.45, 2.75) is 37.0 Å². The quantitative estimate of drug-likeness (QED) is 0.124. The molecule has 3 amide bonds. The summed E-state index contributed by atoms with van der Waals surface area (Å²) in [6.45, 7) is -0.981. The van der Waals surface area contributed by atoms with Crippen LogP contribution in [-0.4, -0.2) is 92.6 Å². The second kappa shape index (κ2) is 12.5. The van der Waals surface area contributed by atoms with E-state index in [9.17, 15) is 28.8 Å². The van der Waals surface area contributed by atoms with Gasteiger partial charge < -0.3 is 42.1 Å². The number of aliphatic hydroxyl groups is 1. The molecule has 0 rings (SSSR count). The highest BCUT2D eigenvalue weighted by atomic mass is 32.1. The molecule has 0 fully saturated rings. The summed E-state index contributed by atoms with van der Waals surface area (Å²) in [5.41, 5.74) is 5.36. The molecule has 164 valence electrons. The van der Waals surface area contributed by atoms with Gasteiger partial charge in [0.05, 0.1) is 25.5 Å². The molecule has 29 heavy (non-hydrogen) atoms. The third kappa shape index (κ3) is 9.72. The monoisotopic (exact) mass is 438 g/mol. The number of amides is 3. The van der Waals surface area contributed by atoms with Crippen LogP contribution in [0.3, 0.4) is 0 Å². The lowest BCUT2D eigenvalue weighted by molar-refractivity contribution is -0.144. The van der Waals surface area contributed by atoms with Crippen LogP contribution in [0.4, 0.5) is 0 Å².